The first-order valence-corrected chi connectivity index (χ1v) is 7.11. The topological polar surface area (TPSA) is 150 Å². The van der Waals surface area contributed by atoms with E-state index >= 15 is 0 Å². The van der Waals surface area contributed by atoms with Crippen LogP contribution in [0.4, 0.5) is 11.4 Å². The van der Waals surface area contributed by atoms with Gasteiger partial charge in [0.1, 0.15) is 16.3 Å². The van der Waals surface area contributed by atoms with Crippen molar-refractivity contribution in [2.75, 3.05) is 0 Å². The summed E-state index contributed by atoms with van der Waals surface area (Å²) in [4.78, 5) is 40.2. The summed E-state index contributed by atoms with van der Waals surface area (Å²) in [5.74, 6) is -1.58. The van der Waals surface area contributed by atoms with Gasteiger partial charge < -0.3 is 9.84 Å². The Hall–Kier alpha value is -3.53. The molecule has 10 nitrogen and oxygen atoms in total. The highest BCUT2D eigenvalue weighted by molar-refractivity contribution is 6.33. The van der Waals surface area contributed by atoms with Crippen molar-refractivity contribution < 1.29 is 29.3 Å². The number of nitro benzene ring substituents is 2. The van der Waals surface area contributed by atoms with Gasteiger partial charge in [0.25, 0.3) is 0 Å². The number of nitro groups is 2. The second-order valence-corrected chi connectivity index (χ2v) is 4.92. The second kappa shape index (κ2) is 9.08. The Morgan fingerprint density at radius 3 is 2.12 bits per heavy atom. The zero-order chi connectivity index (χ0) is 19.9. The summed E-state index contributed by atoms with van der Waals surface area (Å²) in [7, 11) is 0. The Labute approximate surface area is 150 Å². The monoisotopic (exact) mass is 382 g/mol. The number of hydrogen-bond acceptors (Lipinski definition) is 7. The Kier molecular flexibility index (Phi) is 7.17. The molecule has 0 heterocycles. The highest BCUT2D eigenvalue weighted by Crippen LogP contribution is 2.33. The normalized spacial score (nSPS) is 9.46. The number of para-hydroxylation sites is 2. The minimum absolute atomic E-state index is 0.0160. The lowest BCUT2D eigenvalue weighted by atomic mass is 10.2. The lowest BCUT2D eigenvalue weighted by Gasteiger charge is -2.03. The zero-order valence-corrected chi connectivity index (χ0v) is 13.9. The largest absolute Gasteiger partial charge is 0.478 e. The fourth-order valence-corrected chi connectivity index (χ4v) is 1.96. The van der Waals surface area contributed by atoms with Gasteiger partial charge in [-0.05, 0) is 18.2 Å². The fraction of sp³-hybridized carbons (Fsp3) is 0.0667. The Morgan fingerprint density at radius 2 is 1.65 bits per heavy atom. The van der Waals surface area contributed by atoms with Crippen molar-refractivity contribution in [2.24, 2.45) is 0 Å². The van der Waals surface area contributed by atoms with Crippen LogP contribution in [-0.2, 0) is 4.79 Å². The van der Waals surface area contributed by atoms with Crippen molar-refractivity contribution in [3.05, 3.63) is 73.3 Å². The number of carbonyl (C=O) groups is 2. The minimum Gasteiger partial charge on any atom is -0.478 e. The first kappa shape index (κ1) is 20.5. The molecule has 0 atom stereocenters. The van der Waals surface area contributed by atoms with Crippen LogP contribution in [0.5, 0.6) is 5.75 Å². The summed E-state index contributed by atoms with van der Waals surface area (Å²) in [6.07, 6.45) is 0. The number of esters is 1. The molecule has 0 aliphatic carbocycles. The molecular formula is C15H11ClN2O8. The molecule has 26 heavy (non-hydrogen) atoms. The quantitative estimate of drug-likeness (QED) is 0.365. The molecule has 0 saturated carbocycles. The van der Waals surface area contributed by atoms with Crippen molar-refractivity contribution >= 4 is 34.9 Å². The molecule has 0 amide bonds. The fourth-order valence-electron chi connectivity index (χ4n) is 1.72. The van der Waals surface area contributed by atoms with E-state index in [2.05, 4.69) is 4.74 Å². The van der Waals surface area contributed by atoms with E-state index in [9.17, 15) is 29.8 Å². The third kappa shape index (κ3) is 5.53. The molecule has 0 fully saturated rings. The molecule has 0 saturated heterocycles. The number of halogens is 1. The Morgan fingerprint density at radius 1 is 1.04 bits per heavy atom. The minimum atomic E-state index is -1.11. The average molecular weight is 383 g/mol. The summed E-state index contributed by atoms with van der Waals surface area (Å²) >= 11 is 5.42. The number of ether oxygens (including phenoxy) is 1. The van der Waals surface area contributed by atoms with E-state index in [0.717, 1.165) is 6.07 Å². The molecule has 0 bridgehead atoms. The van der Waals surface area contributed by atoms with Crippen LogP contribution in [0.2, 0.25) is 5.02 Å². The van der Waals surface area contributed by atoms with E-state index in [1.54, 1.807) is 12.1 Å². The molecule has 0 spiro atoms. The SMILES string of the molecule is CC(=O)Oc1ccccc1C(=O)O.O=[N+]([O-])c1cccc(Cl)c1[N+](=O)[O-]. The molecular weight excluding hydrogens is 372 g/mol. The number of benzene rings is 2. The molecule has 2 aromatic carbocycles. The van der Waals surface area contributed by atoms with Crippen LogP contribution in [0.3, 0.4) is 0 Å². The zero-order valence-electron chi connectivity index (χ0n) is 13.1. The van der Waals surface area contributed by atoms with Crippen LogP contribution in [-0.4, -0.2) is 26.9 Å². The lowest BCUT2D eigenvalue weighted by Crippen LogP contribution is -2.06. The number of carboxylic acids is 1. The summed E-state index contributed by atoms with van der Waals surface area (Å²) < 4.78 is 4.69. The van der Waals surface area contributed by atoms with Gasteiger partial charge in [-0.1, -0.05) is 29.8 Å². The third-order valence-corrected chi connectivity index (χ3v) is 3.02. The van der Waals surface area contributed by atoms with Crippen LogP contribution in [0.1, 0.15) is 17.3 Å². The molecule has 0 unspecified atom stereocenters. The van der Waals surface area contributed by atoms with E-state index in [4.69, 9.17) is 16.7 Å². The summed E-state index contributed by atoms with van der Waals surface area (Å²) in [6.45, 7) is 1.22. The molecule has 11 heteroatoms. The lowest BCUT2D eigenvalue weighted by molar-refractivity contribution is -0.422. The highest BCUT2D eigenvalue weighted by atomic mass is 35.5. The van der Waals surface area contributed by atoms with Gasteiger partial charge in [-0.3, -0.25) is 25.0 Å². The summed E-state index contributed by atoms with van der Waals surface area (Å²) in [6, 6.07) is 9.52. The Bertz CT molecular complexity index is 868. The van der Waals surface area contributed by atoms with Crippen LogP contribution < -0.4 is 4.74 Å². The Balaban J connectivity index is 0.000000260. The van der Waals surface area contributed by atoms with Gasteiger partial charge >= 0.3 is 23.3 Å². The molecule has 2 rings (SSSR count). The molecule has 0 radical (unpaired) electrons. The predicted octanol–water partition coefficient (Wildman–Crippen LogP) is 3.47. The van der Waals surface area contributed by atoms with E-state index in [1.807, 2.05) is 0 Å². The van der Waals surface area contributed by atoms with Gasteiger partial charge in [-0.15, -0.1) is 0 Å². The van der Waals surface area contributed by atoms with Crippen LogP contribution in [0.15, 0.2) is 42.5 Å². The number of carboxylic acid groups (broad SMARTS) is 1. The number of nitrogens with zero attached hydrogens (tertiary/aromatic N) is 2. The van der Waals surface area contributed by atoms with Crippen LogP contribution in [0.25, 0.3) is 0 Å². The number of hydrogen-bond donors (Lipinski definition) is 1. The summed E-state index contributed by atoms with van der Waals surface area (Å²) in [5, 5.41) is 29.1. The van der Waals surface area contributed by atoms with Gasteiger partial charge in [-0.2, -0.15) is 0 Å². The maximum atomic E-state index is 10.6. The van der Waals surface area contributed by atoms with Gasteiger partial charge in [0.2, 0.25) is 0 Å². The maximum absolute atomic E-state index is 10.6. The average Bonchev–Trinajstić information content (AvgIpc) is 2.54. The maximum Gasteiger partial charge on any atom is 0.364 e. The highest BCUT2D eigenvalue weighted by Gasteiger charge is 2.26. The molecule has 0 aliphatic heterocycles. The molecule has 1 N–H and O–H groups in total. The predicted molar refractivity (Wildman–Crippen MR) is 89.5 cm³/mol. The van der Waals surface area contributed by atoms with Crippen LogP contribution in [0, 0.1) is 20.2 Å². The van der Waals surface area contributed by atoms with E-state index < -0.39 is 33.2 Å². The van der Waals surface area contributed by atoms with Gasteiger partial charge in [0.15, 0.2) is 0 Å². The van der Waals surface area contributed by atoms with E-state index in [0.29, 0.717) is 0 Å². The van der Waals surface area contributed by atoms with Gasteiger partial charge in [-0.25, -0.2) is 4.79 Å². The van der Waals surface area contributed by atoms with Gasteiger partial charge in [0.05, 0.1) is 9.85 Å². The first-order chi connectivity index (χ1) is 12.1. The van der Waals surface area contributed by atoms with Crippen molar-refractivity contribution in [1.82, 2.24) is 0 Å². The molecule has 136 valence electrons. The summed E-state index contributed by atoms with van der Waals surface area (Å²) in [5.41, 5.74) is -1.29. The van der Waals surface area contributed by atoms with Crippen molar-refractivity contribution in [2.45, 2.75) is 6.92 Å². The number of rotatable bonds is 4. The molecule has 0 aromatic heterocycles. The van der Waals surface area contributed by atoms with E-state index in [-0.39, 0.29) is 16.3 Å². The second-order valence-electron chi connectivity index (χ2n) is 4.52. The van der Waals surface area contributed by atoms with E-state index in [1.165, 1.54) is 31.2 Å². The van der Waals surface area contributed by atoms with Crippen LogP contribution >= 0.6 is 11.6 Å². The molecule has 0 aliphatic rings. The standard InChI is InChI=1S/C9H8O4.C6H3ClN2O4/c1-6(10)13-8-5-3-2-4-7(8)9(11)12;7-4-2-1-3-5(8(10)11)6(4)9(12)13/h2-5H,1H3,(H,11,12);1-3H. The van der Waals surface area contributed by atoms with Crippen molar-refractivity contribution in [3.8, 4) is 5.75 Å². The smallest absolute Gasteiger partial charge is 0.364 e. The number of carbonyl (C=O) groups excluding carboxylic acids is 1. The van der Waals surface area contributed by atoms with Crippen molar-refractivity contribution in [1.29, 1.82) is 0 Å². The van der Waals surface area contributed by atoms with Gasteiger partial charge in [0, 0.05) is 13.0 Å². The third-order valence-electron chi connectivity index (χ3n) is 2.72. The molecule has 2 aromatic rings. The number of aromatic carboxylic acids is 1. The first-order valence-electron chi connectivity index (χ1n) is 6.73. The van der Waals surface area contributed by atoms with Crippen molar-refractivity contribution in [3.63, 3.8) is 0 Å².